The first-order valence-corrected chi connectivity index (χ1v) is 9.30. The van der Waals surface area contributed by atoms with Crippen LogP contribution in [0, 0.1) is 11.6 Å². The molecule has 1 aliphatic carbocycles. The van der Waals surface area contributed by atoms with E-state index in [1.165, 1.54) is 12.5 Å². The number of nitrogens with one attached hydrogen (secondary N) is 1. The quantitative estimate of drug-likeness (QED) is 0.857. The van der Waals surface area contributed by atoms with E-state index >= 15 is 0 Å². The average Bonchev–Trinajstić information content (AvgIpc) is 3.13. The van der Waals surface area contributed by atoms with Crippen LogP contribution in [0.1, 0.15) is 49.4 Å². The standard InChI is InChI=1S/C20H23F2N3O/c21-16-9-8-14(13-17(16)22)19-18-7-4-10-24(18)11-12-25(19)20(26)23-15-5-2-1-3-6-15/h4,7-10,13,15,19H,1-3,5-6,11-12H2,(H,23,26)/t19-/m0/s1. The zero-order valence-corrected chi connectivity index (χ0v) is 14.6. The van der Waals surface area contributed by atoms with Gasteiger partial charge in [0.05, 0.1) is 6.04 Å². The number of carbonyl (C=O) groups is 1. The summed E-state index contributed by atoms with van der Waals surface area (Å²) in [5.74, 6) is -1.77. The molecule has 1 N–H and O–H groups in total. The maximum absolute atomic E-state index is 13.8. The molecule has 26 heavy (non-hydrogen) atoms. The molecule has 1 saturated carbocycles. The highest BCUT2D eigenvalue weighted by Crippen LogP contribution is 2.33. The lowest BCUT2D eigenvalue weighted by atomic mass is 9.95. The van der Waals surface area contributed by atoms with Crippen molar-refractivity contribution in [1.29, 1.82) is 0 Å². The van der Waals surface area contributed by atoms with E-state index in [-0.39, 0.29) is 12.1 Å². The third-order valence-corrected chi connectivity index (χ3v) is 5.49. The second kappa shape index (κ2) is 7.09. The topological polar surface area (TPSA) is 37.3 Å². The number of nitrogens with zero attached hydrogens (tertiary/aromatic N) is 2. The van der Waals surface area contributed by atoms with Gasteiger partial charge in [-0.05, 0) is 42.7 Å². The fraction of sp³-hybridized carbons (Fsp3) is 0.450. The van der Waals surface area contributed by atoms with Crippen LogP contribution in [0.25, 0.3) is 0 Å². The first kappa shape index (κ1) is 17.1. The Hall–Kier alpha value is -2.37. The molecule has 1 aromatic carbocycles. The number of halogens is 2. The van der Waals surface area contributed by atoms with Crippen LogP contribution < -0.4 is 5.32 Å². The number of aromatic nitrogens is 1. The molecule has 2 amide bonds. The van der Waals surface area contributed by atoms with Crippen LogP contribution in [0.2, 0.25) is 0 Å². The van der Waals surface area contributed by atoms with E-state index in [0.717, 1.165) is 37.4 Å². The van der Waals surface area contributed by atoms with Crippen LogP contribution in [0.15, 0.2) is 36.5 Å². The molecule has 2 heterocycles. The van der Waals surface area contributed by atoms with E-state index in [2.05, 4.69) is 9.88 Å². The summed E-state index contributed by atoms with van der Waals surface area (Å²) in [7, 11) is 0. The van der Waals surface area contributed by atoms with Gasteiger partial charge in [-0.15, -0.1) is 0 Å². The monoisotopic (exact) mass is 359 g/mol. The Morgan fingerprint density at radius 2 is 1.85 bits per heavy atom. The van der Waals surface area contributed by atoms with Crippen LogP contribution in [0.4, 0.5) is 13.6 Å². The van der Waals surface area contributed by atoms with Gasteiger partial charge in [-0.1, -0.05) is 25.3 Å². The minimum atomic E-state index is -0.890. The zero-order chi connectivity index (χ0) is 18.1. The Labute approximate surface area is 151 Å². The lowest BCUT2D eigenvalue weighted by Gasteiger charge is -2.38. The highest BCUT2D eigenvalue weighted by atomic mass is 19.2. The molecule has 0 radical (unpaired) electrons. The minimum Gasteiger partial charge on any atom is -0.348 e. The van der Waals surface area contributed by atoms with Gasteiger partial charge in [0, 0.05) is 31.0 Å². The molecule has 0 saturated heterocycles. The van der Waals surface area contributed by atoms with Gasteiger partial charge < -0.3 is 14.8 Å². The van der Waals surface area contributed by atoms with Crippen LogP contribution in [-0.2, 0) is 6.54 Å². The summed E-state index contributed by atoms with van der Waals surface area (Å²) >= 11 is 0. The van der Waals surface area contributed by atoms with Crippen molar-refractivity contribution in [2.45, 2.75) is 50.7 Å². The molecule has 1 fully saturated rings. The van der Waals surface area contributed by atoms with Crippen molar-refractivity contribution < 1.29 is 13.6 Å². The van der Waals surface area contributed by atoms with Crippen LogP contribution in [0.5, 0.6) is 0 Å². The summed E-state index contributed by atoms with van der Waals surface area (Å²) in [5.41, 5.74) is 1.50. The van der Waals surface area contributed by atoms with Crippen molar-refractivity contribution in [3.63, 3.8) is 0 Å². The Morgan fingerprint density at radius 1 is 1.04 bits per heavy atom. The molecule has 138 valence electrons. The molecule has 6 heteroatoms. The number of hydrogen-bond donors (Lipinski definition) is 1. The van der Waals surface area contributed by atoms with E-state index in [1.807, 2.05) is 18.3 Å². The van der Waals surface area contributed by atoms with E-state index in [4.69, 9.17) is 0 Å². The second-order valence-corrected chi connectivity index (χ2v) is 7.18. The van der Waals surface area contributed by atoms with Crippen molar-refractivity contribution in [2.75, 3.05) is 6.54 Å². The summed E-state index contributed by atoms with van der Waals surface area (Å²) in [4.78, 5) is 14.7. The van der Waals surface area contributed by atoms with Gasteiger partial charge >= 0.3 is 6.03 Å². The predicted molar refractivity (Wildman–Crippen MR) is 94.7 cm³/mol. The Balaban J connectivity index is 1.64. The number of urea groups is 1. The minimum absolute atomic E-state index is 0.126. The summed E-state index contributed by atoms with van der Waals surface area (Å²) in [5, 5.41) is 3.15. The molecule has 4 nitrogen and oxygen atoms in total. The molecule has 2 aliphatic rings. The second-order valence-electron chi connectivity index (χ2n) is 7.18. The van der Waals surface area contributed by atoms with Crippen molar-refractivity contribution in [3.8, 4) is 0 Å². The first-order valence-electron chi connectivity index (χ1n) is 9.30. The average molecular weight is 359 g/mol. The number of hydrogen-bond acceptors (Lipinski definition) is 1. The number of fused-ring (bicyclic) bond motifs is 1. The van der Waals surface area contributed by atoms with Gasteiger partial charge in [-0.25, -0.2) is 13.6 Å². The maximum atomic E-state index is 13.8. The van der Waals surface area contributed by atoms with Crippen molar-refractivity contribution >= 4 is 6.03 Å². The maximum Gasteiger partial charge on any atom is 0.318 e. The highest BCUT2D eigenvalue weighted by Gasteiger charge is 2.33. The summed E-state index contributed by atoms with van der Waals surface area (Å²) in [6.45, 7) is 1.23. The molecule has 0 spiro atoms. The zero-order valence-electron chi connectivity index (χ0n) is 14.6. The molecular formula is C20H23F2N3O. The summed E-state index contributed by atoms with van der Waals surface area (Å²) in [6, 6.07) is 7.41. The smallest absolute Gasteiger partial charge is 0.318 e. The Kier molecular flexibility index (Phi) is 4.66. The van der Waals surface area contributed by atoms with Crippen LogP contribution >= 0.6 is 0 Å². The molecule has 1 aromatic heterocycles. The Morgan fingerprint density at radius 3 is 2.62 bits per heavy atom. The fourth-order valence-corrected chi connectivity index (χ4v) is 4.14. The Bertz CT molecular complexity index is 798. The molecule has 0 unspecified atom stereocenters. The van der Waals surface area contributed by atoms with E-state index < -0.39 is 17.7 Å². The van der Waals surface area contributed by atoms with Gasteiger partial charge in [-0.3, -0.25) is 0 Å². The molecule has 2 aromatic rings. The van der Waals surface area contributed by atoms with Gasteiger partial charge in [0.1, 0.15) is 0 Å². The van der Waals surface area contributed by atoms with Gasteiger partial charge in [0.25, 0.3) is 0 Å². The highest BCUT2D eigenvalue weighted by molar-refractivity contribution is 5.76. The number of rotatable bonds is 2. The molecule has 0 bridgehead atoms. The lowest BCUT2D eigenvalue weighted by molar-refractivity contribution is 0.162. The van der Waals surface area contributed by atoms with Crippen molar-refractivity contribution in [2.24, 2.45) is 0 Å². The predicted octanol–water partition coefficient (Wildman–Crippen LogP) is 4.21. The van der Waals surface area contributed by atoms with Crippen molar-refractivity contribution in [3.05, 3.63) is 59.4 Å². The number of carbonyl (C=O) groups excluding carboxylic acids is 1. The van der Waals surface area contributed by atoms with Gasteiger partial charge in [0.15, 0.2) is 11.6 Å². The first-order chi connectivity index (χ1) is 12.6. The van der Waals surface area contributed by atoms with E-state index in [9.17, 15) is 13.6 Å². The van der Waals surface area contributed by atoms with Gasteiger partial charge in [0.2, 0.25) is 0 Å². The third kappa shape index (κ3) is 3.20. The SMILES string of the molecule is O=C(NC1CCCCC1)N1CCn2cccc2[C@@H]1c1ccc(F)c(F)c1. The number of amides is 2. The number of benzene rings is 1. The summed E-state index contributed by atoms with van der Waals surface area (Å²) < 4.78 is 29.3. The fourth-order valence-electron chi connectivity index (χ4n) is 4.14. The summed E-state index contributed by atoms with van der Waals surface area (Å²) in [6.07, 6.45) is 7.47. The third-order valence-electron chi connectivity index (χ3n) is 5.49. The van der Waals surface area contributed by atoms with Crippen LogP contribution in [-0.4, -0.2) is 28.1 Å². The molecule has 1 aliphatic heterocycles. The normalized spacial score (nSPS) is 20.7. The van der Waals surface area contributed by atoms with Gasteiger partial charge in [-0.2, -0.15) is 0 Å². The largest absolute Gasteiger partial charge is 0.348 e. The lowest BCUT2D eigenvalue weighted by Crippen LogP contribution is -2.50. The molecule has 4 rings (SSSR count). The van der Waals surface area contributed by atoms with E-state index in [0.29, 0.717) is 18.7 Å². The molecule has 1 atom stereocenters. The molecular weight excluding hydrogens is 336 g/mol. The van der Waals surface area contributed by atoms with Crippen LogP contribution in [0.3, 0.4) is 0 Å². The van der Waals surface area contributed by atoms with E-state index in [1.54, 1.807) is 11.0 Å². The van der Waals surface area contributed by atoms with Crippen molar-refractivity contribution in [1.82, 2.24) is 14.8 Å².